The monoisotopic (exact) mass is 255 g/mol. The lowest BCUT2D eigenvalue weighted by molar-refractivity contribution is -0.136. The maximum absolute atomic E-state index is 11.8. The standard InChI is InChI=1S/C14H29N3O/c1-12(2)14(18)17-10-8-16(9-11-17)7-5-6-15-13(3)4/h12-13,15H,5-11H2,1-4H3. The smallest absolute Gasteiger partial charge is 0.225 e. The Morgan fingerprint density at radius 2 is 1.72 bits per heavy atom. The van der Waals surface area contributed by atoms with Gasteiger partial charge in [-0.1, -0.05) is 27.7 Å². The van der Waals surface area contributed by atoms with Gasteiger partial charge in [-0.05, 0) is 19.5 Å². The fourth-order valence-corrected chi connectivity index (χ4v) is 2.25. The second kappa shape index (κ2) is 7.74. The van der Waals surface area contributed by atoms with E-state index in [1.807, 2.05) is 18.7 Å². The van der Waals surface area contributed by atoms with E-state index in [1.165, 1.54) is 6.42 Å². The third-order valence-electron chi connectivity index (χ3n) is 3.38. The Morgan fingerprint density at radius 1 is 1.11 bits per heavy atom. The number of rotatable bonds is 6. The molecule has 4 nitrogen and oxygen atoms in total. The van der Waals surface area contributed by atoms with Crippen LogP contribution in [0.1, 0.15) is 34.1 Å². The lowest BCUT2D eigenvalue weighted by Gasteiger charge is -2.35. The first kappa shape index (κ1) is 15.4. The van der Waals surface area contributed by atoms with Crippen LogP contribution in [0.15, 0.2) is 0 Å². The van der Waals surface area contributed by atoms with E-state index >= 15 is 0 Å². The third-order valence-corrected chi connectivity index (χ3v) is 3.38. The van der Waals surface area contributed by atoms with Crippen LogP contribution in [0.4, 0.5) is 0 Å². The van der Waals surface area contributed by atoms with Gasteiger partial charge in [0, 0.05) is 38.1 Å². The summed E-state index contributed by atoms with van der Waals surface area (Å²) in [7, 11) is 0. The molecule has 0 unspecified atom stereocenters. The molecule has 1 N–H and O–H groups in total. The fourth-order valence-electron chi connectivity index (χ4n) is 2.25. The van der Waals surface area contributed by atoms with E-state index in [-0.39, 0.29) is 5.92 Å². The van der Waals surface area contributed by atoms with Crippen molar-refractivity contribution < 1.29 is 4.79 Å². The van der Waals surface area contributed by atoms with E-state index in [0.29, 0.717) is 11.9 Å². The zero-order valence-corrected chi connectivity index (χ0v) is 12.4. The van der Waals surface area contributed by atoms with Gasteiger partial charge in [0.05, 0.1) is 0 Å². The van der Waals surface area contributed by atoms with Crippen LogP contribution in [0, 0.1) is 5.92 Å². The highest BCUT2D eigenvalue weighted by Crippen LogP contribution is 2.07. The molecular formula is C14H29N3O. The summed E-state index contributed by atoms with van der Waals surface area (Å²) in [6, 6.07) is 0.575. The number of hydrogen-bond donors (Lipinski definition) is 1. The molecule has 0 saturated carbocycles. The van der Waals surface area contributed by atoms with Crippen molar-refractivity contribution in [3.05, 3.63) is 0 Å². The predicted molar refractivity (Wildman–Crippen MR) is 75.6 cm³/mol. The highest BCUT2D eigenvalue weighted by atomic mass is 16.2. The van der Waals surface area contributed by atoms with Gasteiger partial charge in [-0.3, -0.25) is 9.69 Å². The van der Waals surface area contributed by atoms with Crippen molar-refractivity contribution in [2.24, 2.45) is 5.92 Å². The molecule has 1 aliphatic rings. The van der Waals surface area contributed by atoms with Crippen molar-refractivity contribution >= 4 is 5.91 Å². The summed E-state index contributed by atoms with van der Waals surface area (Å²) in [5.41, 5.74) is 0. The molecule has 1 fully saturated rings. The van der Waals surface area contributed by atoms with Crippen molar-refractivity contribution in [2.45, 2.75) is 40.2 Å². The minimum Gasteiger partial charge on any atom is -0.340 e. The summed E-state index contributed by atoms with van der Waals surface area (Å²) < 4.78 is 0. The molecule has 0 spiro atoms. The summed E-state index contributed by atoms with van der Waals surface area (Å²) in [6.45, 7) is 14.4. The minimum absolute atomic E-state index is 0.131. The zero-order chi connectivity index (χ0) is 13.5. The largest absolute Gasteiger partial charge is 0.340 e. The number of carbonyl (C=O) groups excluding carboxylic acids is 1. The molecule has 1 aliphatic heterocycles. The Bertz CT molecular complexity index is 245. The van der Waals surface area contributed by atoms with Crippen molar-refractivity contribution in [3.8, 4) is 0 Å². The van der Waals surface area contributed by atoms with Crippen molar-refractivity contribution in [3.63, 3.8) is 0 Å². The second-order valence-corrected chi connectivity index (χ2v) is 5.78. The topological polar surface area (TPSA) is 35.6 Å². The van der Waals surface area contributed by atoms with E-state index in [9.17, 15) is 4.79 Å². The van der Waals surface area contributed by atoms with Gasteiger partial charge in [-0.15, -0.1) is 0 Å². The number of piperazine rings is 1. The molecule has 1 saturated heterocycles. The SMILES string of the molecule is CC(C)NCCCN1CCN(C(=O)C(C)C)CC1. The quantitative estimate of drug-likeness (QED) is 0.724. The fraction of sp³-hybridized carbons (Fsp3) is 0.929. The molecule has 0 radical (unpaired) electrons. The van der Waals surface area contributed by atoms with E-state index in [4.69, 9.17) is 0 Å². The summed E-state index contributed by atoms with van der Waals surface area (Å²) >= 11 is 0. The van der Waals surface area contributed by atoms with Gasteiger partial charge in [-0.2, -0.15) is 0 Å². The molecule has 1 amide bonds. The molecule has 4 heteroatoms. The average molecular weight is 255 g/mol. The van der Waals surface area contributed by atoms with Gasteiger partial charge in [0.2, 0.25) is 5.91 Å². The van der Waals surface area contributed by atoms with Crippen LogP contribution in [0.2, 0.25) is 0 Å². The number of carbonyl (C=O) groups is 1. The molecule has 0 bridgehead atoms. The first-order valence-corrected chi connectivity index (χ1v) is 7.25. The molecule has 0 atom stereocenters. The van der Waals surface area contributed by atoms with Crippen LogP contribution >= 0.6 is 0 Å². The molecule has 0 aromatic rings. The van der Waals surface area contributed by atoms with Crippen LogP contribution in [-0.4, -0.2) is 61.0 Å². The molecule has 106 valence electrons. The summed E-state index contributed by atoms with van der Waals surface area (Å²) in [4.78, 5) is 16.3. The number of hydrogen-bond acceptors (Lipinski definition) is 3. The Morgan fingerprint density at radius 3 is 2.22 bits per heavy atom. The lowest BCUT2D eigenvalue weighted by Crippen LogP contribution is -2.50. The molecule has 1 rings (SSSR count). The van der Waals surface area contributed by atoms with Crippen LogP contribution in [-0.2, 0) is 4.79 Å². The first-order valence-electron chi connectivity index (χ1n) is 7.25. The Kier molecular flexibility index (Phi) is 6.65. The highest BCUT2D eigenvalue weighted by molar-refractivity contribution is 5.78. The number of amides is 1. The van der Waals surface area contributed by atoms with Crippen LogP contribution in [0.3, 0.4) is 0 Å². The molecule has 0 aromatic heterocycles. The number of nitrogens with one attached hydrogen (secondary N) is 1. The maximum atomic E-state index is 11.8. The van der Waals surface area contributed by atoms with Crippen molar-refractivity contribution in [2.75, 3.05) is 39.3 Å². The Hall–Kier alpha value is -0.610. The molecule has 0 aromatic carbocycles. The van der Waals surface area contributed by atoms with Gasteiger partial charge >= 0.3 is 0 Å². The van der Waals surface area contributed by atoms with Gasteiger partial charge in [0.25, 0.3) is 0 Å². The van der Waals surface area contributed by atoms with E-state index in [0.717, 1.165) is 39.3 Å². The maximum Gasteiger partial charge on any atom is 0.225 e. The van der Waals surface area contributed by atoms with Crippen LogP contribution in [0.25, 0.3) is 0 Å². The Balaban J connectivity index is 2.14. The molecule has 18 heavy (non-hydrogen) atoms. The van der Waals surface area contributed by atoms with E-state index in [1.54, 1.807) is 0 Å². The minimum atomic E-state index is 0.131. The van der Waals surface area contributed by atoms with Crippen LogP contribution in [0.5, 0.6) is 0 Å². The first-order chi connectivity index (χ1) is 8.50. The van der Waals surface area contributed by atoms with E-state index in [2.05, 4.69) is 24.1 Å². The molecular weight excluding hydrogens is 226 g/mol. The van der Waals surface area contributed by atoms with Gasteiger partial charge in [0.1, 0.15) is 0 Å². The van der Waals surface area contributed by atoms with Gasteiger partial charge < -0.3 is 10.2 Å². The molecule has 1 heterocycles. The van der Waals surface area contributed by atoms with Gasteiger partial charge in [0.15, 0.2) is 0 Å². The summed E-state index contributed by atoms with van der Waals surface area (Å²) in [5.74, 6) is 0.433. The average Bonchev–Trinajstić information content (AvgIpc) is 2.34. The molecule has 0 aliphatic carbocycles. The zero-order valence-electron chi connectivity index (χ0n) is 12.4. The summed E-state index contributed by atoms with van der Waals surface area (Å²) in [6.07, 6.45) is 1.19. The third kappa shape index (κ3) is 5.36. The highest BCUT2D eigenvalue weighted by Gasteiger charge is 2.22. The van der Waals surface area contributed by atoms with Crippen LogP contribution < -0.4 is 5.32 Å². The number of nitrogens with zero attached hydrogens (tertiary/aromatic N) is 2. The van der Waals surface area contributed by atoms with Gasteiger partial charge in [-0.25, -0.2) is 0 Å². The Labute approximate surface area is 112 Å². The lowest BCUT2D eigenvalue weighted by atomic mass is 10.1. The normalized spacial score (nSPS) is 17.8. The van der Waals surface area contributed by atoms with E-state index < -0.39 is 0 Å². The second-order valence-electron chi connectivity index (χ2n) is 5.78. The van der Waals surface area contributed by atoms with Crippen molar-refractivity contribution in [1.82, 2.24) is 15.1 Å². The predicted octanol–water partition coefficient (Wildman–Crippen LogP) is 1.17. The van der Waals surface area contributed by atoms with Crippen molar-refractivity contribution in [1.29, 1.82) is 0 Å². The summed E-state index contributed by atoms with van der Waals surface area (Å²) in [5, 5.41) is 3.44.